The lowest BCUT2D eigenvalue weighted by molar-refractivity contribution is -0.136. The van der Waals surface area contributed by atoms with Crippen molar-refractivity contribution < 1.29 is 19.1 Å². The highest BCUT2D eigenvalue weighted by Gasteiger charge is 2.42. The number of likely N-dealkylation sites (tertiary alicyclic amines) is 1. The Balaban J connectivity index is 3.09. The van der Waals surface area contributed by atoms with Gasteiger partial charge >= 0.3 is 6.09 Å². The van der Waals surface area contributed by atoms with Crippen LogP contribution in [0.2, 0.25) is 0 Å². The summed E-state index contributed by atoms with van der Waals surface area (Å²) < 4.78 is 5.48. The zero-order valence-corrected chi connectivity index (χ0v) is 15.3. The van der Waals surface area contributed by atoms with Crippen molar-refractivity contribution in [1.82, 2.24) is 4.90 Å². The molecule has 1 saturated heterocycles. The minimum absolute atomic E-state index is 0.0792. The van der Waals surface area contributed by atoms with Gasteiger partial charge in [-0.3, -0.25) is 9.59 Å². The Kier molecular flexibility index (Phi) is 6.78. The Hall–Kier alpha value is -1.39. The third kappa shape index (κ3) is 5.33. The molecule has 1 rings (SSSR count). The molecule has 1 aliphatic heterocycles. The molecule has 1 aliphatic rings. The molecule has 0 spiro atoms. The summed E-state index contributed by atoms with van der Waals surface area (Å²) in [4.78, 5) is 38.9. The van der Waals surface area contributed by atoms with Gasteiger partial charge in [0.05, 0.1) is 12.0 Å². The van der Waals surface area contributed by atoms with E-state index in [-0.39, 0.29) is 17.6 Å². The quantitative estimate of drug-likeness (QED) is 0.725. The molecule has 0 radical (unpaired) electrons. The third-order valence-electron chi connectivity index (χ3n) is 4.31. The Labute approximate surface area is 139 Å². The number of rotatable bonds is 5. The molecular formula is C18H31NO4. The maximum Gasteiger partial charge on any atom is 0.410 e. The van der Waals surface area contributed by atoms with Crippen LogP contribution in [-0.4, -0.2) is 40.7 Å². The average Bonchev–Trinajstić information content (AvgIpc) is 2.45. The smallest absolute Gasteiger partial charge is 0.410 e. The summed E-state index contributed by atoms with van der Waals surface area (Å²) in [5.74, 6) is -0.496. The molecule has 0 N–H and O–H groups in total. The zero-order chi connectivity index (χ0) is 17.8. The summed E-state index contributed by atoms with van der Waals surface area (Å²) >= 11 is 0. The summed E-state index contributed by atoms with van der Waals surface area (Å²) in [6, 6.07) is -0.381. The van der Waals surface area contributed by atoms with Crippen LogP contribution in [0.4, 0.5) is 4.79 Å². The van der Waals surface area contributed by atoms with E-state index in [0.717, 1.165) is 6.42 Å². The molecule has 2 unspecified atom stereocenters. The van der Waals surface area contributed by atoms with Gasteiger partial charge in [-0.2, -0.15) is 0 Å². The molecule has 2 atom stereocenters. The number of nitrogens with zero attached hydrogens (tertiary/aromatic N) is 1. The van der Waals surface area contributed by atoms with E-state index in [1.165, 1.54) is 0 Å². The normalized spacial score (nSPS) is 22.1. The number of piperidine rings is 1. The van der Waals surface area contributed by atoms with Crippen LogP contribution in [0.15, 0.2) is 0 Å². The predicted molar refractivity (Wildman–Crippen MR) is 89.2 cm³/mol. The highest BCUT2D eigenvalue weighted by atomic mass is 16.6. The molecule has 0 aromatic rings. The van der Waals surface area contributed by atoms with E-state index in [2.05, 4.69) is 6.92 Å². The van der Waals surface area contributed by atoms with Crippen LogP contribution in [0.1, 0.15) is 67.2 Å². The van der Waals surface area contributed by atoms with Crippen LogP contribution in [0, 0.1) is 11.8 Å². The maximum absolute atomic E-state index is 12.5. The zero-order valence-electron chi connectivity index (χ0n) is 15.3. The SMILES string of the molecule is CCC(=O)C(C(=O)CC)C1CC(C)CCN1C(=O)OC(C)(C)C. The standard InChI is InChI=1S/C18H31NO4/c1-7-14(20)16(15(21)8-2)13-11-12(3)9-10-19(13)17(22)23-18(4,5)6/h12-13,16H,7-11H2,1-6H3. The van der Waals surface area contributed by atoms with Crippen molar-refractivity contribution in [3.8, 4) is 0 Å². The van der Waals surface area contributed by atoms with Gasteiger partial charge in [0.15, 0.2) is 0 Å². The fourth-order valence-electron chi connectivity index (χ4n) is 3.09. The fourth-order valence-corrected chi connectivity index (χ4v) is 3.09. The fraction of sp³-hybridized carbons (Fsp3) is 0.833. The lowest BCUT2D eigenvalue weighted by atomic mass is 9.79. The number of hydrogen-bond donors (Lipinski definition) is 0. The van der Waals surface area contributed by atoms with Gasteiger partial charge < -0.3 is 9.64 Å². The molecule has 0 aromatic heterocycles. The van der Waals surface area contributed by atoms with Crippen molar-refractivity contribution in [1.29, 1.82) is 0 Å². The number of carbonyl (C=O) groups is 3. The van der Waals surface area contributed by atoms with Crippen molar-refractivity contribution in [2.75, 3.05) is 6.54 Å². The Bertz CT molecular complexity index is 436. The van der Waals surface area contributed by atoms with Crippen molar-refractivity contribution >= 4 is 17.7 Å². The molecule has 0 saturated carbocycles. The number of hydrogen-bond acceptors (Lipinski definition) is 4. The molecule has 1 fully saturated rings. The van der Waals surface area contributed by atoms with Gasteiger partial charge in [0.25, 0.3) is 0 Å². The average molecular weight is 325 g/mol. The first-order valence-electron chi connectivity index (χ1n) is 8.65. The topological polar surface area (TPSA) is 63.7 Å². The van der Waals surface area contributed by atoms with Gasteiger partial charge in [0.2, 0.25) is 0 Å². The van der Waals surface area contributed by atoms with Gasteiger partial charge in [-0.1, -0.05) is 20.8 Å². The van der Waals surface area contributed by atoms with Crippen molar-refractivity contribution in [3.63, 3.8) is 0 Å². The maximum atomic E-state index is 12.5. The highest BCUT2D eigenvalue weighted by molar-refractivity contribution is 6.03. The largest absolute Gasteiger partial charge is 0.444 e. The van der Waals surface area contributed by atoms with Gasteiger partial charge in [-0.15, -0.1) is 0 Å². The minimum atomic E-state index is -0.722. The minimum Gasteiger partial charge on any atom is -0.444 e. The first-order valence-corrected chi connectivity index (χ1v) is 8.65. The molecule has 0 aromatic carbocycles. The van der Waals surface area contributed by atoms with Crippen LogP contribution in [0.5, 0.6) is 0 Å². The first-order chi connectivity index (χ1) is 10.6. The number of amides is 1. The molecule has 5 nitrogen and oxygen atoms in total. The van der Waals surface area contributed by atoms with Crippen molar-refractivity contribution in [2.24, 2.45) is 11.8 Å². The molecule has 0 aliphatic carbocycles. The molecule has 0 bridgehead atoms. The van der Waals surface area contributed by atoms with E-state index in [9.17, 15) is 14.4 Å². The van der Waals surface area contributed by atoms with Gasteiger partial charge in [0, 0.05) is 19.4 Å². The van der Waals surface area contributed by atoms with E-state index in [1.54, 1.807) is 18.7 Å². The van der Waals surface area contributed by atoms with Gasteiger partial charge in [-0.25, -0.2) is 4.79 Å². The summed E-state index contributed by atoms with van der Waals surface area (Å²) in [5, 5.41) is 0. The number of carbonyl (C=O) groups excluding carboxylic acids is 3. The second-order valence-electron chi connectivity index (χ2n) is 7.49. The van der Waals surface area contributed by atoms with E-state index >= 15 is 0 Å². The second kappa shape index (κ2) is 7.93. The molecule has 1 amide bonds. The summed E-state index contributed by atoms with van der Waals surface area (Å²) in [6.45, 7) is 11.6. The number of ether oxygens (including phenoxy) is 1. The lowest BCUT2D eigenvalue weighted by Crippen LogP contribution is -2.54. The summed E-state index contributed by atoms with van der Waals surface area (Å²) in [5.41, 5.74) is -0.594. The Morgan fingerprint density at radius 2 is 1.65 bits per heavy atom. The number of ketones is 2. The van der Waals surface area contributed by atoms with E-state index in [0.29, 0.717) is 31.7 Å². The van der Waals surface area contributed by atoms with Crippen molar-refractivity contribution in [3.05, 3.63) is 0 Å². The third-order valence-corrected chi connectivity index (χ3v) is 4.31. The van der Waals surface area contributed by atoms with Gasteiger partial charge in [-0.05, 0) is 39.5 Å². The second-order valence-corrected chi connectivity index (χ2v) is 7.49. The van der Waals surface area contributed by atoms with E-state index < -0.39 is 17.6 Å². The lowest BCUT2D eigenvalue weighted by Gasteiger charge is -2.41. The van der Waals surface area contributed by atoms with Crippen LogP contribution in [0.25, 0.3) is 0 Å². The summed E-state index contributed by atoms with van der Waals surface area (Å²) in [7, 11) is 0. The Morgan fingerprint density at radius 3 is 2.09 bits per heavy atom. The van der Waals surface area contributed by atoms with Crippen LogP contribution in [-0.2, 0) is 14.3 Å². The van der Waals surface area contributed by atoms with Crippen LogP contribution in [0.3, 0.4) is 0 Å². The van der Waals surface area contributed by atoms with Gasteiger partial charge in [0.1, 0.15) is 17.2 Å². The molecule has 5 heteroatoms. The summed E-state index contributed by atoms with van der Waals surface area (Å²) in [6.07, 6.45) is 1.73. The van der Waals surface area contributed by atoms with Crippen LogP contribution >= 0.6 is 0 Å². The van der Waals surface area contributed by atoms with E-state index in [4.69, 9.17) is 4.74 Å². The van der Waals surface area contributed by atoms with E-state index in [1.807, 2.05) is 20.8 Å². The predicted octanol–water partition coefficient (Wildman–Crippen LogP) is 3.60. The molecular weight excluding hydrogens is 294 g/mol. The number of Topliss-reactive ketones (excluding diaryl/α,β-unsaturated/α-hetero) is 2. The monoisotopic (exact) mass is 325 g/mol. The highest BCUT2D eigenvalue weighted by Crippen LogP contribution is 2.31. The molecule has 132 valence electrons. The van der Waals surface area contributed by atoms with Crippen LogP contribution < -0.4 is 0 Å². The molecule has 1 heterocycles. The molecule has 23 heavy (non-hydrogen) atoms. The van der Waals surface area contributed by atoms with Crippen molar-refractivity contribution in [2.45, 2.75) is 78.9 Å². The Morgan fingerprint density at radius 1 is 1.13 bits per heavy atom. The first kappa shape index (κ1) is 19.7.